The topological polar surface area (TPSA) is 34.1 Å². The average Bonchev–Trinajstić information content (AvgIpc) is 2.86. The van der Waals surface area contributed by atoms with Gasteiger partial charge in [0.1, 0.15) is 5.75 Å². The fraction of sp³-hybridized carbons (Fsp3) is 0.308. The van der Waals surface area contributed by atoms with E-state index in [9.17, 15) is 0 Å². The number of aromatic nitrogens is 1. The number of ether oxygens (including phenoxy) is 1. The van der Waals surface area contributed by atoms with Crippen LogP contribution in [0.4, 0.5) is 0 Å². The van der Waals surface area contributed by atoms with Crippen LogP contribution in [0.1, 0.15) is 24.2 Å². The van der Waals surface area contributed by atoms with Crippen molar-refractivity contribution >= 4 is 11.3 Å². The first-order chi connectivity index (χ1) is 8.35. The highest BCUT2D eigenvalue weighted by molar-refractivity contribution is 7.07. The van der Waals surface area contributed by atoms with Crippen LogP contribution < -0.4 is 10.1 Å². The number of hydrogen-bond donors (Lipinski definition) is 1. The molecule has 3 nitrogen and oxygen atoms in total. The normalized spacial score (nSPS) is 12.4. The first-order valence-electron chi connectivity index (χ1n) is 5.63. The molecule has 1 atom stereocenters. The van der Waals surface area contributed by atoms with Crippen LogP contribution in [0, 0.1) is 0 Å². The molecule has 0 spiro atoms. The molecule has 90 valence electrons. The van der Waals surface area contributed by atoms with Crippen molar-refractivity contribution in [3.05, 3.63) is 46.4 Å². The Labute approximate surface area is 105 Å². The number of thiazole rings is 1. The van der Waals surface area contributed by atoms with Gasteiger partial charge in [0.15, 0.2) is 0 Å². The largest absolute Gasteiger partial charge is 0.494 e. The molecule has 1 aromatic carbocycles. The van der Waals surface area contributed by atoms with Gasteiger partial charge in [-0.25, -0.2) is 4.98 Å². The molecule has 1 N–H and O–H groups in total. The zero-order chi connectivity index (χ0) is 12.1. The molecule has 0 aliphatic rings. The van der Waals surface area contributed by atoms with Gasteiger partial charge in [0.25, 0.3) is 0 Å². The van der Waals surface area contributed by atoms with Crippen LogP contribution in [-0.2, 0) is 0 Å². The minimum absolute atomic E-state index is 0.150. The molecule has 0 aliphatic heterocycles. The lowest BCUT2D eigenvalue weighted by molar-refractivity contribution is 0.340. The van der Waals surface area contributed by atoms with Gasteiger partial charge in [-0.3, -0.25) is 0 Å². The number of benzene rings is 1. The minimum Gasteiger partial charge on any atom is -0.494 e. The fourth-order valence-electron chi connectivity index (χ4n) is 1.77. The highest BCUT2D eigenvalue weighted by Crippen LogP contribution is 2.23. The molecule has 1 unspecified atom stereocenters. The van der Waals surface area contributed by atoms with Crippen molar-refractivity contribution in [1.82, 2.24) is 10.3 Å². The van der Waals surface area contributed by atoms with Gasteiger partial charge in [0, 0.05) is 5.38 Å². The third-order valence-electron chi connectivity index (χ3n) is 2.56. The van der Waals surface area contributed by atoms with Crippen molar-refractivity contribution in [2.45, 2.75) is 13.0 Å². The Bertz CT molecular complexity index is 439. The summed E-state index contributed by atoms with van der Waals surface area (Å²) in [6.45, 7) is 2.68. The van der Waals surface area contributed by atoms with Gasteiger partial charge in [0.05, 0.1) is 23.9 Å². The summed E-state index contributed by atoms with van der Waals surface area (Å²) >= 11 is 1.61. The molecule has 0 amide bonds. The molecule has 1 heterocycles. The Hall–Kier alpha value is -1.39. The SMILES string of the molecule is CCOc1ccc(C(NC)c2cscn2)cc1. The van der Waals surface area contributed by atoms with E-state index in [1.807, 2.05) is 31.6 Å². The summed E-state index contributed by atoms with van der Waals surface area (Å²) in [4.78, 5) is 4.35. The molecule has 1 aromatic heterocycles. The van der Waals surface area contributed by atoms with Crippen LogP contribution in [0.5, 0.6) is 5.75 Å². The molecule has 0 aliphatic carbocycles. The van der Waals surface area contributed by atoms with Crippen molar-refractivity contribution < 1.29 is 4.74 Å². The second-order valence-corrected chi connectivity index (χ2v) is 4.36. The molecule has 0 saturated heterocycles. The highest BCUT2D eigenvalue weighted by atomic mass is 32.1. The van der Waals surface area contributed by atoms with Crippen molar-refractivity contribution in [3.63, 3.8) is 0 Å². The highest BCUT2D eigenvalue weighted by Gasteiger charge is 2.13. The molecule has 0 radical (unpaired) electrons. The lowest BCUT2D eigenvalue weighted by atomic mass is 10.0. The third-order valence-corrected chi connectivity index (χ3v) is 3.16. The van der Waals surface area contributed by atoms with Gasteiger partial charge in [-0.2, -0.15) is 0 Å². The van der Waals surface area contributed by atoms with E-state index in [1.54, 1.807) is 11.3 Å². The van der Waals surface area contributed by atoms with Crippen molar-refractivity contribution in [1.29, 1.82) is 0 Å². The third kappa shape index (κ3) is 2.84. The van der Waals surface area contributed by atoms with E-state index in [0.29, 0.717) is 6.61 Å². The Morgan fingerprint density at radius 2 is 2.12 bits per heavy atom. The molecule has 0 fully saturated rings. The van der Waals surface area contributed by atoms with E-state index in [4.69, 9.17) is 4.74 Å². The molecular formula is C13H16N2OS. The summed E-state index contributed by atoms with van der Waals surface area (Å²) in [6, 6.07) is 8.29. The predicted molar refractivity (Wildman–Crippen MR) is 70.6 cm³/mol. The second kappa shape index (κ2) is 5.80. The summed E-state index contributed by atoms with van der Waals surface area (Å²) in [5, 5.41) is 5.34. The molecular weight excluding hydrogens is 232 g/mol. The monoisotopic (exact) mass is 248 g/mol. The van der Waals surface area contributed by atoms with Crippen molar-refractivity contribution in [2.75, 3.05) is 13.7 Å². The summed E-state index contributed by atoms with van der Waals surface area (Å²) in [6.07, 6.45) is 0. The molecule has 0 bridgehead atoms. The van der Waals surface area contributed by atoms with Gasteiger partial charge in [-0.05, 0) is 31.7 Å². The average molecular weight is 248 g/mol. The standard InChI is InChI=1S/C13H16N2OS/c1-3-16-11-6-4-10(5-7-11)13(14-2)12-8-17-9-15-12/h4-9,13-14H,3H2,1-2H3. The minimum atomic E-state index is 0.150. The van der Waals surface area contributed by atoms with E-state index in [2.05, 4.69) is 27.8 Å². The van der Waals surface area contributed by atoms with E-state index in [0.717, 1.165) is 11.4 Å². The van der Waals surface area contributed by atoms with Gasteiger partial charge in [-0.1, -0.05) is 12.1 Å². The Kier molecular flexibility index (Phi) is 4.12. The summed E-state index contributed by atoms with van der Waals surface area (Å²) in [7, 11) is 1.94. The van der Waals surface area contributed by atoms with E-state index < -0.39 is 0 Å². The Morgan fingerprint density at radius 1 is 1.35 bits per heavy atom. The first-order valence-corrected chi connectivity index (χ1v) is 6.57. The van der Waals surface area contributed by atoms with Crippen molar-refractivity contribution in [3.8, 4) is 5.75 Å². The zero-order valence-electron chi connectivity index (χ0n) is 10.0. The fourth-order valence-corrected chi connectivity index (χ4v) is 2.35. The van der Waals surface area contributed by atoms with Crippen LogP contribution >= 0.6 is 11.3 Å². The van der Waals surface area contributed by atoms with E-state index in [-0.39, 0.29) is 6.04 Å². The van der Waals surface area contributed by atoms with Crippen LogP contribution in [0.2, 0.25) is 0 Å². The Balaban J connectivity index is 2.20. The number of hydrogen-bond acceptors (Lipinski definition) is 4. The van der Waals surface area contributed by atoms with Crippen LogP contribution in [-0.4, -0.2) is 18.6 Å². The number of rotatable bonds is 5. The first kappa shape index (κ1) is 12.1. The van der Waals surface area contributed by atoms with Crippen molar-refractivity contribution in [2.24, 2.45) is 0 Å². The second-order valence-electron chi connectivity index (χ2n) is 3.64. The van der Waals surface area contributed by atoms with Gasteiger partial charge >= 0.3 is 0 Å². The van der Waals surface area contributed by atoms with Crippen LogP contribution in [0.25, 0.3) is 0 Å². The molecule has 17 heavy (non-hydrogen) atoms. The van der Waals surface area contributed by atoms with E-state index in [1.165, 1.54) is 5.56 Å². The maximum atomic E-state index is 5.43. The van der Waals surface area contributed by atoms with Crippen LogP contribution in [0.3, 0.4) is 0 Å². The lowest BCUT2D eigenvalue weighted by Crippen LogP contribution is -2.17. The van der Waals surface area contributed by atoms with Gasteiger partial charge in [-0.15, -0.1) is 11.3 Å². The zero-order valence-corrected chi connectivity index (χ0v) is 10.8. The van der Waals surface area contributed by atoms with Gasteiger partial charge in [0.2, 0.25) is 0 Å². The molecule has 0 saturated carbocycles. The molecule has 2 rings (SSSR count). The maximum Gasteiger partial charge on any atom is 0.119 e. The summed E-state index contributed by atoms with van der Waals surface area (Å²) < 4.78 is 5.43. The van der Waals surface area contributed by atoms with Crippen LogP contribution in [0.15, 0.2) is 35.2 Å². The Morgan fingerprint density at radius 3 is 2.65 bits per heavy atom. The number of nitrogens with zero attached hydrogens (tertiary/aromatic N) is 1. The number of nitrogens with one attached hydrogen (secondary N) is 1. The summed E-state index contributed by atoms with van der Waals surface area (Å²) in [5.74, 6) is 0.907. The summed E-state index contributed by atoms with van der Waals surface area (Å²) in [5.41, 5.74) is 4.11. The predicted octanol–water partition coefficient (Wildman–Crippen LogP) is 2.85. The lowest BCUT2D eigenvalue weighted by Gasteiger charge is -2.14. The quantitative estimate of drug-likeness (QED) is 0.883. The van der Waals surface area contributed by atoms with Gasteiger partial charge < -0.3 is 10.1 Å². The molecule has 2 aromatic rings. The smallest absolute Gasteiger partial charge is 0.119 e. The maximum absolute atomic E-state index is 5.43. The van der Waals surface area contributed by atoms with E-state index >= 15 is 0 Å². The molecule has 4 heteroatoms.